The lowest BCUT2D eigenvalue weighted by Gasteiger charge is -2.52. The van der Waals surface area contributed by atoms with Crippen LogP contribution < -0.4 is 5.32 Å². The van der Waals surface area contributed by atoms with Gasteiger partial charge in [-0.1, -0.05) is 72.8 Å². The van der Waals surface area contributed by atoms with E-state index in [4.69, 9.17) is 9.47 Å². The Bertz CT molecular complexity index is 1070. The minimum absolute atomic E-state index is 0.0192. The summed E-state index contributed by atoms with van der Waals surface area (Å²) in [6, 6.07) is 27.3. The highest BCUT2D eigenvalue weighted by atomic mass is 16.7. The molecule has 5 heteroatoms. The number of nitrogens with zero attached hydrogens (tertiary/aromatic N) is 1. The second kappa shape index (κ2) is 9.10. The molecule has 170 valence electrons. The highest BCUT2D eigenvalue weighted by Crippen LogP contribution is 2.44. The summed E-state index contributed by atoms with van der Waals surface area (Å²) in [6.45, 7) is 6.51. The quantitative estimate of drug-likeness (QED) is 0.509. The number of carbonyl (C=O) groups is 1. The number of ether oxygens (including phenoxy) is 2. The molecule has 0 radical (unpaired) electrons. The summed E-state index contributed by atoms with van der Waals surface area (Å²) in [6.07, 6.45) is -0.451. The molecule has 5 rings (SSSR count). The monoisotopic (exact) mass is 442 g/mol. The van der Waals surface area contributed by atoms with Crippen molar-refractivity contribution in [3.63, 3.8) is 0 Å². The van der Waals surface area contributed by atoms with Crippen molar-refractivity contribution < 1.29 is 14.3 Å². The minimum Gasteiger partial charge on any atom is -0.349 e. The highest BCUT2D eigenvalue weighted by Gasteiger charge is 2.53. The molecular weight excluding hydrogens is 412 g/mol. The predicted molar refractivity (Wildman–Crippen MR) is 128 cm³/mol. The van der Waals surface area contributed by atoms with Crippen molar-refractivity contribution in [2.24, 2.45) is 0 Å². The normalized spacial score (nSPS) is 16.8. The summed E-state index contributed by atoms with van der Waals surface area (Å²) >= 11 is 0. The molecule has 1 spiro atoms. The number of carbonyl (C=O) groups excluding carboxylic acids is 1. The van der Waals surface area contributed by atoms with Crippen molar-refractivity contribution in [2.75, 3.05) is 26.3 Å². The van der Waals surface area contributed by atoms with E-state index < -0.39 is 6.29 Å². The van der Waals surface area contributed by atoms with Gasteiger partial charge >= 0.3 is 0 Å². The molecule has 2 aliphatic rings. The number of likely N-dealkylation sites (tertiary alicyclic amines) is 1. The Labute approximate surface area is 195 Å². The summed E-state index contributed by atoms with van der Waals surface area (Å²) in [5.74, 6) is -0.0192. The smallest absolute Gasteiger partial charge is 0.252 e. The Balaban J connectivity index is 1.42. The Morgan fingerprint density at radius 2 is 1.42 bits per heavy atom. The molecule has 3 aromatic carbocycles. The van der Waals surface area contributed by atoms with E-state index in [9.17, 15) is 4.79 Å². The molecule has 2 heterocycles. The number of fused-ring (bicyclic) bond motifs is 2. The molecule has 1 fully saturated rings. The summed E-state index contributed by atoms with van der Waals surface area (Å²) in [7, 11) is 0. The first-order valence-electron chi connectivity index (χ1n) is 11.7. The van der Waals surface area contributed by atoms with Gasteiger partial charge in [0.25, 0.3) is 5.91 Å². The van der Waals surface area contributed by atoms with Crippen molar-refractivity contribution in [1.29, 1.82) is 0 Å². The lowest BCUT2D eigenvalue weighted by Crippen LogP contribution is -2.65. The van der Waals surface area contributed by atoms with Gasteiger partial charge in [-0.15, -0.1) is 0 Å². The fourth-order valence-electron chi connectivity index (χ4n) is 5.17. The zero-order valence-corrected chi connectivity index (χ0v) is 19.2. The van der Waals surface area contributed by atoms with E-state index in [1.54, 1.807) is 0 Å². The van der Waals surface area contributed by atoms with E-state index in [1.807, 2.05) is 38.1 Å². The van der Waals surface area contributed by atoms with Crippen LogP contribution in [0.1, 0.15) is 58.8 Å². The first kappa shape index (κ1) is 21.8. The van der Waals surface area contributed by atoms with Crippen LogP contribution in [-0.2, 0) is 15.0 Å². The summed E-state index contributed by atoms with van der Waals surface area (Å²) in [5.41, 5.74) is 4.85. The van der Waals surface area contributed by atoms with Crippen molar-refractivity contribution >= 4 is 5.91 Å². The van der Waals surface area contributed by atoms with Crippen molar-refractivity contribution in [3.05, 3.63) is 107 Å². The Morgan fingerprint density at radius 3 is 1.97 bits per heavy atom. The van der Waals surface area contributed by atoms with Gasteiger partial charge in [0.05, 0.1) is 11.6 Å². The number of hydrogen-bond acceptors (Lipinski definition) is 4. The molecular formula is C28H30N2O3. The first-order chi connectivity index (χ1) is 16.1. The molecule has 1 amide bonds. The van der Waals surface area contributed by atoms with Gasteiger partial charge in [0.15, 0.2) is 6.29 Å². The maximum absolute atomic E-state index is 13.0. The molecule has 1 N–H and O–H groups in total. The van der Waals surface area contributed by atoms with Crippen molar-refractivity contribution in [1.82, 2.24) is 10.2 Å². The molecule has 0 bridgehead atoms. The van der Waals surface area contributed by atoms with Gasteiger partial charge in [0.2, 0.25) is 0 Å². The highest BCUT2D eigenvalue weighted by molar-refractivity contribution is 6.00. The van der Waals surface area contributed by atoms with Crippen LogP contribution in [0.2, 0.25) is 0 Å². The third-order valence-corrected chi connectivity index (χ3v) is 6.61. The number of nitrogens with one attached hydrogen (secondary N) is 1. The van der Waals surface area contributed by atoms with Crippen molar-refractivity contribution in [3.8, 4) is 0 Å². The molecule has 0 atom stereocenters. The number of amides is 1. The third-order valence-electron chi connectivity index (χ3n) is 6.61. The van der Waals surface area contributed by atoms with Crippen molar-refractivity contribution in [2.45, 2.75) is 31.7 Å². The third kappa shape index (κ3) is 3.97. The topological polar surface area (TPSA) is 50.8 Å². The van der Waals surface area contributed by atoms with E-state index in [-0.39, 0.29) is 17.5 Å². The molecule has 2 aliphatic heterocycles. The van der Waals surface area contributed by atoms with E-state index in [1.165, 1.54) is 11.1 Å². The van der Waals surface area contributed by atoms with Gasteiger partial charge < -0.3 is 14.8 Å². The van der Waals surface area contributed by atoms with E-state index in [0.717, 1.165) is 29.8 Å². The minimum atomic E-state index is -0.451. The van der Waals surface area contributed by atoms with Gasteiger partial charge in [-0.05, 0) is 36.6 Å². The van der Waals surface area contributed by atoms with Gasteiger partial charge in [-0.3, -0.25) is 9.69 Å². The number of rotatable bonds is 8. The number of benzene rings is 3. The van der Waals surface area contributed by atoms with E-state index >= 15 is 0 Å². The zero-order valence-electron chi connectivity index (χ0n) is 19.2. The van der Waals surface area contributed by atoms with Crippen LogP contribution in [0.15, 0.2) is 78.9 Å². The van der Waals surface area contributed by atoms with Gasteiger partial charge in [-0.2, -0.15) is 0 Å². The summed E-state index contributed by atoms with van der Waals surface area (Å²) in [5, 5.41) is 3.29. The summed E-state index contributed by atoms with van der Waals surface area (Å²) in [4.78, 5) is 15.4. The fourth-order valence-corrected chi connectivity index (χ4v) is 5.17. The SMILES string of the molecule is CCOC(OCC)c1ccc2c(c1)C(=O)NC21CN(C(c2ccccc2)c2ccccc2)C1. The van der Waals surface area contributed by atoms with Crippen LogP contribution in [0.4, 0.5) is 0 Å². The van der Waals surface area contributed by atoms with Gasteiger partial charge in [-0.25, -0.2) is 0 Å². The van der Waals surface area contributed by atoms with Gasteiger partial charge in [0.1, 0.15) is 0 Å². The Morgan fingerprint density at radius 1 is 0.848 bits per heavy atom. The summed E-state index contributed by atoms with van der Waals surface area (Å²) < 4.78 is 11.5. The van der Waals surface area contributed by atoms with Crippen LogP contribution in [0, 0.1) is 0 Å². The fraction of sp³-hybridized carbons (Fsp3) is 0.321. The largest absolute Gasteiger partial charge is 0.349 e. The molecule has 0 saturated carbocycles. The van der Waals surface area contributed by atoms with Gasteiger partial charge in [0, 0.05) is 37.4 Å². The second-order valence-electron chi connectivity index (χ2n) is 8.71. The average molecular weight is 443 g/mol. The maximum Gasteiger partial charge on any atom is 0.252 e. The van der Waals surface area contributed by atoms with Crippen LogP contribution in [0.25, 0.3) is 0 Å². The molecule has 0 unspecified atom stereocenters. The Kier molecular flexibility index (Phi) is 6.02. The first-order valence-corrected chi connectivity index (χ1v) is 11.7. The van der Waals surface area contributed by atoms with Crippen LogP contribution >= 0.6 is 0 Å². The molecule has 1 saturated heterocycles. The maximum atomic E-state index is 13.0. The van der Waals surface area contributed by atoms with E-state index in [2.05, 4.69) is 64.8 Å². The molecule has 3 aromatic rings. The van der Waals surface area contributed by atoms with Crippen LogP contribution in [0.5, 0.6) is 0 Å². The molecule has 0 aliphatic carbocycles. The molecule has 33 heavy (non-hydrogen) atoms. The number of hydrogen-bond donors (Lipinski definition) is 1. The van der Waals surface area contributed by atoms with Crippen LogP contribution in [-0.4, -0.2) is 37.1 Å². The predicted octanol–water partition coefficient (Wildman–Crippen LogP) is 4.80. The van der Waals surface area contributed by atoms with Crippen LogP contribution in [0.3, 0.4) is 0 Å². The average Bonchev–Trinajstić information content (AvgIpc) is 3.12. The zero-order chi connectivity index (χ0) is 22.8. The standard InChI is InChI=1S/C28H30N2O3/c1-3-32-27(33-4-2)22-15-16-24-23(17-22)26(31)29-28(24)18-30(19-28)25(20-11-7-5-8-12-20)21-13-9-6-10-14-21/h5-17,25,27H,3-4,18-19H2,1-2H3,(H,29,31). The lowest BCUT2D eigenvalue weighted by molar-refractivity contribution is -0.140. The van der Waals surface area contributed by atoms with E-state index in [0.29, 0.717) is 13.2 Å². The molecule has 5 nitrogen and oxygen atoms in total. The second-order valence-corrected chi connectivity index (χ2v) is 8.71. The lowest BCUT2D eigenvalue weighted by atomic mass is 9.80. The Hall–Kier alpha value is -2.99. The molecule has 0 aromatic heterocycles.